The molecule has 0 aromatic carbocycles. The molecule has 0 amide bonds. The Balaban J connectivity index is 2.77. The van der Waals surface area contributed by atoms with Crippen LogP contribution in [-0.2, 0) is 11.3 Å². The molecule has 0 bridgehead atoms. The quantitative estimate of drug-likeness (QED) is 0.717. The first-order valence-electron chi connectivity index (χ1n) is 3.81. The summed E-state index contributed by atoms with van der Waals surface area (Å²) in [6.07, 6.45) is 3.38. The van der Waals surface area contributed by atoms with Crippen molar-refractivity contribution in [2.45, 2.75) is 19.6 Å². The van der Waals surface area contributed by atoms with Crippen LogP contribution in [0.15, 0.2) is 12.4 Å². The van der Waals surface area contributed by atoms with E-state index < -0.39 is 0 Å². The maximum atomic E-state index is 5.40. The average molecular weight is 167 g/mol. The Hall–Kier alpha value is -1.00. The van der Waals surface area contributed by atoms with Gasteiger partial charge in [-0.2, -0.15) is 0 Å². The molecule has 0 fully saturated rings. The van der Waals surface area contributed by atoms with E-state index in [4.69, 9.17) is 10.5 Å². The molecule has 0 saturated carbocycles. The summed E-state index contributed by atoms with van der Waals surface area (Å²) >= 11 is 0. The summed E-state index contributed by atoms with van der Waals surface area (Å²) in [5, 5.41) is 0. The lowest BCUT2D eigenvalue weighted by molar-refractivity contribution is 0.112. The number of nitrogens with two attached hydrogens (primary N) is 1. The molecule has 2 N–H and O–H groups in total. The van der Waals surface area contributed by atoms with Crippen molar-refractivity contribution in [2.24, 2.45) is 5.73 Å². The highest BCUT2D eigenvalue weighted by atomic mass is 16.5. The van der Waals surface area contributed by atoms with Crippen molar-refractivity contribution in [2.75, 3.05) is 7.11 Å². The highest BCUT2D eigenvalue weighted by Crippen LogP contribution is 2.09. The zero-order valence-electron chi connectivity index (χ0n) is 7.32. The fourth-order valence-electron chi connectivity index (χ4n) is 0.786. The lowest BCUT2D eigenvalue weighted by Crippen LogP contribution is -2.05. The largest absolute Gasteiger partial charge is 0.374 e. The van der Waals surface area contributed by atoms with E-state index in [1.165, 1.54) is 0 Å². The molecule has 0 spiro atoms. The van der Waals surface area contributed by atoms with Crippen LogP contribution in [0.1, 0.15) is 24.4 Å². The number of rotatable bonds is 3. The highest BCUT2D eigenvalue weighted by Gasteiger charge is 2.05. The third-order valence-electron chi connectivity index (χ3n) is 1.68. The van der Waals surface area contributed by atoms with Crippen LogP contribution in [0.2, 0.25) is 0 Å². The zero-order valence-corrected chi connectivity index (χ0v) is 7.32. The van der Waals surface area contributed by atoms with E-state index in [9.17, 15) is 0 Å². The van der Waals surface area contributed by atoms with Gasteiger partial charge in [0.1, 0.15) is 6.10 Å². The minimum Gasteiger partial charge on any atom is -0.374 e. The molecule has 1 atom stereocenters. The summed E-state index contributed by atoms with van der Waals surface area (Å²) in [5.41, 5.74) is 6.33. The van der Waals surface area contributed by atoms with Crippen molar-refractivity contribution >= 4 is 0 Å². The lowest BCUT2D eigenvalue weighted by atomic mass is 10.3. The molecule has 1 aromatic heterocycles. The van der Waals surface area contributed by atoms with Crippen molar-refractivity contribution in [1.29, 1.82) is 0 Å². The van der Waals surface area contributed by atoms with Gasteiger partial charge in [-0.1, -0.05) is 0 Å². The molecule has 0 saturated heterocycles. The molecular formula is C8H13N3O. The Morgan fingerprint density at radius 1 is 1.50 bits per heavy atom. The number of hydrogen-bond acceptors (Lipinski definition) is 4. The molecule has 1 unspecified atom stereocenters. The van der Waals surface area contributed by atoms with Crippen LogP contribution in [0.4, 0.5) is 0 Å². The summed E-state index contributed by atoms with van der Waals surface area (Å²) in [6, 6.07) is 0. The van der Waals surface area contributed by atoms with Gasteiger partial charge in [0.25, 0.3) is 0 Å². The lowest BCUT2D eigenvalue weighted by Gasteiger charge is -2.06. The van der Waals surface area contributed by atoms with Crippen molar-refractivity contribution in [1.82, 2.24) is 9.97 Å². The van der Waals surface area contributed by atoms with Gasteiger partial charge in [-0.3, -0.25) is 0 Å². The Morgan fingerprint density at radius 3 is 2.50 bits per heavy atom. The van der Waals surface area contributed by atoms with Crippen LogP contribution in [-0.4, -0.2) is 17.1 Å². The molecule has 0 radical (unpaired) electrons. The van der Waals surface area contributed by atoms with Crippen LogP contribution >= 0.6 is 0 Å². The third kappa shape index (κ3) is 1.99. The van der Waals surface area contributed by atoms with Crippen molar-refractivity contribution in [3.05, 3.63) is 23.8 Å². The normalized spacial score (nSPS) is 12.9. The number of nitrogens with zero attached hydrogens (tertiary/aromatic N) is 2. The van der Waals surface area contributed by atoms with E-state index >= 15 is 0 Å². The fraction of sp³-hybridized carbons (Fsp3) is 0.500. The molecule has 12 heavy (non-hydrogen) atoms. The Kier molecular flexibility index (Phi) is 3.13. The second-order valence-corrected chi connectivity index (χ2v) is 2.53. The molecule has 4 heteroatoms. The molecule has 66 valence electrons. The monoisotopic (exact) mass is 167 g/mol. The Labute approximate surface area is 71.8 Å². The van der Waals surface area contributed by atoms with Gasteiger partial charge in [0.15, 0.2) is 5.82 Å². The predicted octanol–water partition coefficient (Wildman–Crippen LogP) is 0.643. The van der Waals surface area contributed by atoms with Crippen LogP contribution in [0.5, 0.6) is 0 Å². The molecule has 1 heterocycles. The summed E-state index contributed by atoms with van der Waals surface area (Å²) in [6.45, 7) is 2.37. The molecule has 0 aliphatic rings. The first kappa shape index (κ1) is 9.09. The molecule has 1 aromatic rings. The standard InChI is InChI=1S/C8H13N3O/c1-6(12-2)8-10-4-7(3-9)5-11-8/h4-6H,3,9H2,1-2H3. The minimum absolute atomic E-state index is 0.0585. The second-order valence-electron chi connectivity index (χ2n) is 2.53. The SMILES string of the molecule is COC(C)c1ncc(CN)cn1. The van der Waals surface area contributed by atoms with Gasteiger partial charge in [0.05, 0.1) is 0 Å². The van der Waals surface area contributed by atoms with Crippen LogP contribution in [0, 0.1) is 0 Å². The Bertz CT molecular complexity index is 235. The number of aromatic nitrogens is 2. The van der Waals surface area contributed by atoms with Gasteiger partial charge >= 0.3 is 0 Å². The summed E-state index contributed by atoms with van der Waals surface area (Å²) in [4.78, 5) is 8.21. The summed E-state index contributed by atoms with van der Waals surface area (Å²) in [5.74, 6) is 0.690. The minimum atomic E-state index is -0.0585. The molecule has 1 rings (SSSR count). The maximum absolute atomic E-state index is 5.40. The highest BCUT2D eigenvalue weighted by molar-refractivity contribution is 5.05. The number of methoxy groups -OCH3 is 1. The van der Waals surface area contributed by atoms with Gasteiger partial charge in [-0.25, -0.2) is 9.97 Å². The molecule has 0 aliphatic heterocycles. The number of ether oxygens (including phenoxy) is 1. The van der Waals surface area contributed by atoms with E-state index in [-0.39, 0.29) is 6.10 Å². The predicted molar refractivity (Wildman–Crippen MR) is 45.3 cm³/mol. The van der Waals surface area contributed by atoms with Crippen LogP contribution in [0.3, 0.4) is 0 Å². The van der Waals surface area contributed by atoms with Crippen LogP contribution in [0.25, 0.3) is 0 Å². The second kappa shape index (κ2) is 4.13. The van der Waals surface area contributed by atoms with E-state index in [0.717, 1.165) is 5.56 Å². The summed E-state index contributed by atoms with van der Waals surface area (Å²) in [7, 11) is 1.63. The van der Waals surface area contributed by atoms with E-state index in [2.05, 4.69) is 9.97 Å². The van der Waals surface area contributed by atoms with Crippen molar-refractivity contribution in [3.63, 3.8) is 0 Å². The van der Waals surface area contributed by atoms with Crippen molar-refractivity contribution < 1.29 is 4.74 Å². The van der Waals surface area contributed by atoms with Gasteiger partial charge < -0.3 is 10.5 Å². The summed E-state index contributed by atoms with van der Waals surface area (Å²) < 4.78 is 5.05. The Morgan fingerprint density at radius 2 is 2.08 bits per heavy atom. The molecule has 0 aliphatic carbocycles. The van der Waals surface area contributed by atoms with Gasteiger partial charge in [0, 0.05) is 31.6 Å². The fourth-order valence-corrected chi connectivity index (χ4v) is 0.786. The number of hydrogen-bond donors (Lipinski definition) is 1. The molecular weight excluding hydrogens is 154 g/mol. The zero-order chi connectivity index (χ0) is 8.97. The first-order valence-corrected chi connectivity index (χ1v) is 3.81. The van der Waals surface area contributed by atoms with Gasteiger partial charge in [-0.15, -0.1) is 0 Å². The molecule has 4 nitrogen and oxygen atoms in total. The first-order chi connectivity index (χ1) is 5.77. The van der Waals surface area contributed by atoms with E-state index in [0.29, 0.717) is 12.4 Å². The van der Waals surface area contributed by atoms with E-state index in [1.807, 2.05) is 6.92 Å². The van der Waals surface area contributed by atoms with E-state index in [1.54, 1.807) is 19.5 Å². The van der Waals surface area contributed by atoms with Crippen LogP contribution < -0.4 is 5.73 Å². The smallest absolute Gasteiger partial charge is 0.156 e. The topological polar surface area (TPSA) is 61.0 Å². The third-order valence-corrected chi connectivity index (χ3v) is 1.68. The van der Waals surface area contributed by atoms with Crippen molar-refractivity contribution in [3.8, 4) is 0 Å². The van der Waals surface area contributed by atoms with Gasteiger partial charge in [-0.05, 0) is 6.92 Å². The maximum Gasteiger partial charge on any atom is 0.156 e. The average Bonchev–Trinajstić information content (AvgIpc) is 2.17. The van der Waals surface area contributed by atoms with Gasteiger partial charge in [0.2, 0.25) is 0 Å².